The summed E-state index contributed by atoms with van der Waals surface area (Å²) in [5.41, 5.74) is 1.50. The Hall–Kier alpha value is -3.19. The molecule has 0 radical (unpaired) electrons. The molecule has 0 aliphatic heterocycles. The van der Waals surface area contributed by atoms with Crippen molar-refractivity contribution >= 4 is 34.7 Å². The maximum atomic E-state index is 13.0. The minimum absolute atomic E-state index is 0.200. The number of nitrogens with one attached hydrogen (secondary N) is 1. The van der Waals surface area contributed by atoms with Crippen LogP contribution < -0.4 is 10.1 Å². The van der Waals surface area contributed by atoms with Crippen molar-refractivity contribution in [1.82, 2.24) is 5.32 Å². The molecule has 0 saturated heterocycles. The normalized spacial score (nSPS) is 12.4. The van der Waals surface area contributed by atoms with E-state index in [4.69, 9.17) is 21.1 Å². The van der Waals surface area contributed by atoms with Gasteiger partial charge in [0.2, 0.25) is 0 Å². The molecule has 0 saturated carbocycles. The molecular formula is C22H22ClNO6. The van der Waals surface area contributed by atoms with Gasteiger partial charge in [-0.1, -0.05) is 36.4 Å². The van der Waals surface area contributed by atoms with E-state index in [0.29, 0.717) is 5.56 Å². The number of esters is 2. The van der Waals surface area contributed by atoms with E-state index in [1.54, 1.807) is 25.1 Å². The van der Waals surface area contributed by atoms with Crippen molar-refractivity contribution in [2.24, 2.45) is 0 Å². The van der Waals surface area contributed by atoms with Crippen molar-refractivity contribution < 1.29 is 28.7 Å². The second kappa shape index (κ2) is 10.5. The summed E-state index contributed by atoms with van der Waals surface area (Å²) >= 11 is 5.67. The van der Waals surface area contributed by atoms with Crippen LogP contribution in [0, 0.1) is 6.92 Å². The zero-order valence-electron chi connectivity index (χ0n) is 16.8. The van der Waals surface area contributed by atoms with E-state index in [-0.39, 0.29) is 17.7 Å². The molecule has 0 heterocycles. The molecule has 2 aromatic carbocycles. The number of carbonyl (C=O) groups excluding carboxylic acids is 4. The fourth-order valence-corrected chi connectivity index (χ4v) is 3.14. The van der Waals surface area contributed by atoms with Crippen molar-refractivity contribution in [3.8, 4) is 5.75 Å². The third-order valence-corrected chi connectivity index (χ3v) is 4.49. The molecule has 1 amide bonds. The van der Waals surface area contributed by atoms with Crippen molar-refractivity contribution in [2.45, 2.75) is 39.3 Å². The maximum absolute atomic E-state index is 13.0. The van der Waals surface area contributed by atoms with Gasteiger partial charge < -0.3 is 14.8 Å². The average Bonchev–Trinajstić information content (AvgIpc) is 2.67. The standard InChI is InChI=1S/C22H22ClNO6/c1-13-17(10-7-11-19(13)29-14(2)25)22(28)24-18(12-16-8-5-4-6-9-16)20(21(23)27)30-15(3)26/h4-11,18,20H,12H2,1-3H3,(H,24,28)/t18-,20-/m0/s1. The summed E-state index contributed by atoms with van der Waals surface area (Å²) in [5.74, 6) is -1.49. The van der Waals surface area contributed by atoms with E-state index in [0.717, 1.165) is 12.5 Å². The lowest BCUT2D eigenvalue weighted by Crippen LogP contribution is -2.49. The number of ether oxygens (including phenoxy) is 2. The van der Waals surface area contributed by atoms with Gasteiger partial charge in [0, 0.05) is 25.0 Å². The topological polar surface area (TPSA) is 98.8 Å². The highest BCUT2D eigenvalue weighted by Crippen LogP contribution is 2.22. The minimum atomic E-state index is -1.37. The highest BCUT2D eigenvalue weighted by molar-refractivity contribution is 6.64. The molecule has 1 N–H and O–H groups in total. The predicted molar refractivity (Wildman–Crippen MR) is 110 cm³/mol. The Morgan fingerprint density at radius 3 is 2.20 bits per heavy atom. The van der Waals surface area contributed by atoms with Crippen LogP contribution in [0.1, 0.15) is 35.3 Å². The van der Waals surface area contributed by atoms with Gasteiger partial charge in [0.25, 0.3) is 11.1 Å². The second-order valence-electron chi connectivity index (χ2n) is 6.63. The molecule has 158 valence electrons. The molecule has 0 aliphatic carbocycles. The number of benzene rings is 2. The van der Waals surface area contributed by atoms with E-state index in [9.17, 15) is 19.2 Å². The summed E-state index contributed by atoms with van der Waals surface area (Å²) in [4.78, 5) is 47.7. The molecule has 2 rings (SSSR count). The first kappa shape index (κ1) is 23.1. The van der Waals surface area contributed by atoms with Crippen LogP contribution in [0.15, 0.2) is 48.5 Å². The van der Waals surface area contributed by atoms with Crippen LogP contribution in [0.25, 0.3) is 0 Å². The van der Waals surface area contributed by atoms with Crippen molar-refractivity contribution in [2.75, 3.05) is 0 Å². The highest BCUT2D eigenvalue weighted by Gasteiger charge is 2.32. The number of hydrogen-bond donors (Lipinski definition) is 1. The Morgan fingerprint density at radius 1 is 0.967 bits per heavy atom. The number of carbonyl (C=O) groups is 4. The molecule has 2 aromatic rings. The van der Waals surface area contributed by atoms with E-state index >= 15 is 0 Å². The quantitative estimate of drug-likeness (QED) is 0.392. The Bertz CT molecular complexity index is 944. The Kier molecular flexibility index (Phi) is 8.12. The van der Waals surface area contributed by atoms with Crippen molar-refractivity contribution in [3.05, 3.63) is 65.2 Å². The predicted octanol–water partition coefficient (Wildman–Crippen LogP) is 2.96. The lowest BCUT2D eigenvalue weighted by Gasteiger charge is -2.25. The van der Waals surface area contributed by atoms with E-state index in [1.807, 2.05) is 30.3 Å². The van der Waals surface area contributed by atoms with Gasteiger partial charge in [0.15, 0.2) is 6.10 Å². The monoisotopic (exact) mass is 431 g/mol. The maximum Gasteiger partial charge on any atom is 0.308 e. The van der Waals surface area contributed by atoms with Crippen LogP contribution in [0.4, 0.5) is 0 Å². The first-order chi connectivity index (χ1) is 14.2. The summed E-state index contributed by atoms with van der Waals surface area (Å²) in [5, 5.41) is 1.82. The average molecular weight is 432 g/mol. The fourth-order valence-electron chi connectivity index (χ4n) is 2.94. The van der Waals surface area contributed by atoms with Crippen molar-refractivity contribution in [3.63, 3.8) is 0 Å². The molecular weight excluding hydrogens is 410 g/mol. The summed E-state index contributed by atoms with van der Waals surface area (Å²) in [6.07, 6.45) is -1.17. The number of rotatable bonds is 8. The SMILES string of the molecule is CC(=O)Oc1cccc(C(=O)N[C@@H](Cc2ccccc2)[C@H](OC(C)=O)C(=O)Cl)c1C. The van der Waals surface area contributed by atoms with Crippen molar-refractivity contribution in [1.29, 1.82) is 0 Å². The molecule has 0 aromatic heterocycles. The molecule has 2 atom stereocenters. The molecule has 0 fully saturated rings. The smallest absolute Gasteiger partial charge is 0.308 e. The van der Waals surface area contributed by atoms with E-state index < -0.39 is 35.2 Å². The van der Waals surface area contributed by atoms with Crippen LogP contribution in [-0.2, 0) is 25.5 Å². The minimum Gasteiger partial charge on any atom is -0.451 e. The third kappa shape index (κ3) is 6.42. The van der Waals surface area contributed by atoms with Gasteiger partial charge in [0.1, 0.15) is 5.75 Å². The summed E-state index contributed by atoms with van der Waals surface area (Å²) in [6.45, 7) is 4.05. The Labute approximate surface area is 179 Å². The summed E-state index contributed by atoms with van der Waals surface area (Å²) in [6, 6.07) is 12.9. The zero-order chi connectivity index (χ0) is 22.3. The molecule has 8 heteroatoms. The second-order valence-corrected chi connectivity index (χ2v) is 7.00. The van der Waals surface area contributed by atoms with Gasteiger partial charge >= 0.3 is 11.9 Å². The van der Waals surface area contributed by atoms with Crippen LogP contribution in [0.3, 0.4) is 0 Å². The molecule has 0 unspecified atom stereocenters. The summed E-state index contributed by atoms with van der Waals surface area (Å²) < 4.78 is 10.2. The highest BCUT2D eigenvalue weighted by atomic mass is 35.5. The van der Waals surface area contributed by atoms with E-state index in [2.05, 4.69) is 5.32 Å². The Morgan fingerprint density at radius 2 is 1.63 bits per heavy atom. The Balaban J connectivity index is 2.35. The number of amides is 1. The van der Waals surface area contributed by atoms with Gasteiger partial charge in [0.05, 0.1) is 6.04 Å². The van der Waals surface area contributed by atoms with Crippen LogP contribution in [-0.4, -0.2) is 35.2 Å². The zero-order valence-corrected chi connectivity index (χ0v) is 17.6. The van der Waals surface area contributed by atoms with Gasteiger partial charge in [-0.05, 0) is 42.6 Å². The molecule has 0 bridgehead atoms. The summed E-state index contributed by atoms with van der Waals surface area (Å²) in [7, 11) is 0. The largest absolute Gasteiger partial charge is 0.451 e. The number of hydrogen-bond acceptors (Lipinski definition) is 6. The third-order valence-electron chi connectivity index (χ3n) is 4.28. The van der Waals surface area contributed by atoms with Gasteiger partial charge in [-0.2, -0.15) is 0 Å². The van der Waals surface area contributed by atoms with Gasteiger partial charge in [-0.25, -0.2) is 0 Å². The number of halogens is 1. The molecule has 30 heavy (non-hydrogen) atoms. The van der Waals surface area contributed by atoms with Crippen LogP contribution >= 0.6 is 11.6 Å². The first-order valence-corrected chi connectivity index (χ1v) is 9.56. The van der Waals surface area contributed by atoms with Gasteiger partial charge in [-0.3, -0.25) is 19.2 Å². The first-order valence-electron chi connectivity index (χ1n) is 9.18. The molecule has 0 aliphatic rings. The lowest BCUT2D eigenvalue weighted by molar-refractivity contribution is -0.152. The molecule has 7 nitrogen and oxygen atoms in total. The van der Waals surface area contributed by atoms with Crippen LogP contribution in [0.5, 0.6) is 5.75 Å². The van der Waals surface area contributed by atoms with Crippen LogP contribution in [0.2, 0.25) is 0 Å². The fraction of sp³-hybridized carbons (Fsp3) is 0.273. The lowest BCUT2D eigenvalue weighted by atomic mass is 10.00. The van der Waals surface area contributed by atoms with E-state index in [1.165, 1.54) is 6.92 Å². The van der Waals surface area contributed by atoms with Gasteiger partial charge in [-0.15, -0.1) is 0 Å². The molecule has 0 spiro atoms.